The lowest BCUT2D eigenvalue weighted by atomic mass is 9.46. The minimum atomic E-state index is -0.0189. The van der Waals surface area contributed by atoms with Crippen molar-refractivity contribution in [1.82, 2.24) is 0 Å². The number of ether oxygens (including phenoxy) is 1. The number of quaternary nitrogens is 2. The van der Waals surface area contributed by atoms with E-state index in [1.54, 1.807) is 5.57 Å². The zero-order valence-electron chi connectivity index (χ0n) is 28.2. The molecule has 4 heteroatoms. The molecule has 0 bridgehead atoms. The van der Waals surface area contributed by atoms with Gasteiger partial charge in [-0.05, 0) is 97.7 Å². The minimum Gasteiger partial charge on any atom is -0.450 e. The van der Waals surface area contributed by atoms with E-state index < -0.39 is 0 Å². The number of allylic oxidation sites excluding steroid dienone is 2. The summed E-state index contributed by atoms with van der Waals surface area (Å²) in [5, 5.41) is 0. The highest BCUT2D eigenvalue weighted by Gasteiger charge is 2.59. The van der Waals surface area contributed by atoms with Crippen molar-refractivity contribution in [2.45, 2.75) is 111 Å². The Labute approximate surface area is 248 Å². The van der Waals surface area contributed by atoms with E-state index in [1.807, 2.05) is 0 Å². The first kappa shape index (κ1) is 32.1. The van der Waals surface area contributed by atoms with Crippen LogP contribution in [-0.2, 0) is 9.53 Å². The Hall–Kier alpha value is -0.870. The lowest BCUT2D eigenvalue weighted by Crippen LogP contribution is -3.07. The molecule has 3 fully saturated rings. The fourth-order valence-electron chi connectivity index (χ4n) is 10.4. The quantitative estimate of drug-likeness (QED) is 0.181. The SMILES string of the molecule is CC(C)CCCC(C)C1CCC2C3CC=C4CC(C(=O)OC(C[NH+](C)C)C[N+](C)(C)C)CCC4(C)C3CCC12C. The van der Waals surface area contributed by atoms with Gasteiger partial charge in [0.05, 0.1) is 41.2 Å². The third-order valence-electron chi connectivity index (χ3n) is 12.3. The van der Waals surface area contributed by atoms with Crippen LogP contribution in [-0.4, -0.2) is 64.9 Å². The van der Waals surface area contributed by atoms with E-state index in [4.69, 9.17) is 4.74 Å². The summed E-state index contributed by atoms with van der Waals surface area (Å²) >= 11 is 0. The van der Waals surface area contributed by atoms with Gasteiger partial charge in [0.15, 0.2) is 6.10 Å². The molecule has 230 valence electrons. The minimum absolute atomic E-state index is 0.0189. The van der Waals surface area contributed by atoms with Gasteiger partial charge in [-0.25, -0.2) is 0 Å². The second kappa shape index (κ2) is 12.4. The lowest BCUT2D eigenvalue weighted by Gasteiger charge is -2.58. The summed E-state index contributed by atoms with van der Waals surface area (Å²) in [5.74, 6) is 5.27. The van der Waals surface area contributed by atoms with Crippen LogP contribution < -0.4 is 4.90 Å². The molecule has 0 spiro atoms. The van der Waals surface area contributed by atoms with Crippen LogP contribution in [0.4, 0.5) is 0 Å². The highest BCUT2D eigenvalue weighted by Crippen LogP contribution is 2.67. The zero-order valence-corrected chi connectivity index (χ0v) is 28.2. The lowest BCUT2D eigenvalue weighted by molar-refractivity contribution is -0.890. The molecule has 0 heterocycles. The van der Waals surface area contributed by atoms with Gasteiger partial charge < -0.3 is 14.1 Å². The molecule has 0 aromatic rings. The number of carbonyl (C=O) groups is 1. The molecule has 40 heavy (non-hydrogen) atoms. The van der Waals surface area contributed by atoms with Crippen molar-refractivity contribution in [2.24, 2.45) is 52.3 Å². The predicted octanol–water partition coefficient (Wildman–Crippen LogP) is 6.41. The first-order valence-electron chi connectivity index (χ1n) is 17.1. The highest BCUT2D eigenvalue weighted by atomic mass is 16.5. The first-order valence-corrected chi connectivity index (χ1v) is 17.1. The summed E-state index contributed by atoms with van der Waals surface area (Å²) in [6, 6.07) is 0. The summed E-state index contributed by atoms with van der Waals surface area (Å²) in [6.07, 6.45) is 16.9. The van der Waals surface area contributed by atoms with Crippen LogP contribution in [0.2, 0.25) is 0 Å². The van der Waals surface area contributed by atoms with E-state index in [0.29, 0.717) is 5.41 Å². The number of hydrogen-bond donors (Lipinski definition) is 1. The molecule has 0 amide bonds. The molecule has 0 aromatic heterocycles. The van der Waals surface area contributed by atoms with Gasteiger partial charge in [-0.2, -0.15) is 0 Å². The molecule has 4 aliphatic rings. The van der Waals surface area contributed by atoms with Gasteiger partial charge in [-0.15, -0.1) is 0 Å². The fourth-order valence-corrected chi connectivity index (χ4v) is 10.4. The Morgan fingerprint density at radius 2 is 1.75 bits per heavy atom. The largest absolute Gasteiger partial charge is 0.450 e. The van der Waals surface area contributed by atoms with Gasteiger partial charge in [-0.3, -0.25) is 4.79 Å². The molecular weight excluding hydrogens is 492 g/mol. The molecule has 0 saturated heterocycles. The van der Waals surface area contributed by atoms with Crippen molar-refractivity contribution in [3.8, 4) is 0 Å². The van der Waals surface area contributed by atoms with E-state index in [0.717, 1.165) is 72.3 Å². The predicted molar refractivity (Wildman–Crippen MR) is 167 cm³/mol. The summed E-state index contributed by atoms with van der Waals surface area (Å²) in [7, 11) is 10.9. The average Bonchev–Trinajstić information content (AvgIpc) is 3.19. The summed E-state index contributed by atoms with van der Waals surface area (Å²) < 4.78 is 7.06. The zero-order chi connectivity index (χ0) is 29.5. The van der Waals surface area contributed by atoms with E-state index in [-0.39, 0.29) is 23.4 Å². The van der Waals surface area contributed by atoms with E-state index in [9.17, 15) is 4.79 Å². The normalized spacial score (nSPS) is 37.4. The molecule has 0 aliphatic heterocycles. The van der Waals surface area contributed by atoms with Crippen molar-refractivity contribution < 1.29 is 18.9 Å². The van der Waals surface area contributed by atoms with Gasteiger partial charge in [0.2, 0.25) is 0 Å². The Balaban J connectivity index is 1.42. The number of fused-ring (bicyclic) bond motifs is 5. The molecule has 4 nitrogen and oxygen atoms in total. The fraction of sp³-hybridized carbons (Fsp3) is 0.917. The van der Waals surface area contributed by atoms with Crippen molar-refractivity contribution in [3.05, 3.63) is 11.6 Å². The van der Waals surface area contributed by atoms with Crippen LogP contribution in [0, 0.1) is 52.3 Å². The molecule has 0 radical (unpaired) electrons. The molecule has 3 saturated carbocycles. The Kier molecular flexibility index (Phi) is 9.93. The molecule has 9 unspecified atom stereocenters. The number of likely N-dealkylation sites (N-methyl/N-ethyl adjacent to an activating group) is 2. The first-order chi connectivity index (χ1) is 18.6. The second-order valence-electron chi connectivity index (χ2n) is 17.2. The maximum Gasteiger partial charge on any atom is 0.309 e. The van der Waals surface area contributed by atoms with E-state index in [2.05, 4.69) is 75.9 Å². The van der Waals surface area contributed by atoms with Crippen molar-refractivity contribution in [2.75, 3.05) is 48.3 Å². The number of hydrogen-bond acceptors (Lipinski definition) is 2. The number of rotatable bonds is 11. The Morgan fingerprint density at radius 1 is 1.02 bits per heavy atom. The standard InChI is InChI=1S/C36H65N2O2/c1-25(2)12-11-13-26(3)31-16-17-32-30-15-14-28-22-27(18-20-35(28,4)33(30)19-21-36(31,32)5)34(39)40-29(23-37(6)7)24-38(8,9)10/h14,25-27,29-33H,11-13,15-24H2,1-10H3/q+1/p+1. The summed E-state index contributed by atoms with van der Waals surface area (Å²) in [4.78, 5) is 14.8. The molecule has 1 N–H and O–H groups in total. The third-order valence-corrected chi connectivity index (χ3v) is 12.3. The molecular formula is C36H66N2O2+2. The van der Waals surface area contributed by atoms with Crippen LogP contribution in [0.3, 0.4) is 0 Å². The summed E-state index contributed by atoms with van der Waals surface area (Å²) in [6.45, 7) is 14.3. The monoisotopic (exact) mass is 559 g/mol. The van der Waals surface area contributed by atoms with Crippen LogP contribution in [0.5, 0.6) is 0 Å². The maximum atomic E-state index is 13.5. The van der Waals surface area contributed by atoms with Gasteiger partial charge >= 0.3 is 5.97 Å². The number of esters is 1. The van der Waals surface area contributed by atoms with Gasteiger partial charge in [0.1, 0.15) is 13.1 Å². The number of carbonyl (C=O) groups excluding carboxylic acids is 1. The van der Waals surface area contributed by atoms with Crippen molar-refractivity contribution in [1.29, 1.82) is 0 Å². The number of nitrogens with one attached hydrogen (secondary N) is 1. The van der Waals surface area contributed by atoms with E-state index in [1.165, 1.54) is 56.3 Å². The second-order valence-corrected chi connectivity index (χ2v) is 17.2. The van der Waals surface area contributed by atoms with Crippen LogP contribution in [0.1, 0.15) is 105 Å². The molecule has 4 aliphatic carbocycles. The Morgan fingerprint density at radius 3 is 2.40 bits per heavy atom. The topological polar surface area (TPSA) is 30.7 Å². The average molecular weight is 559 g/mol. The Bertz CT molecular complexity index is 903. The molecule has 9 atom stereocenters. The van der Waals surface area contributed by atoms with E-state index >= 15 is 0 Å². The third kappa shape index (κ3) is 6.85. The molecule has 4 rings (SSSR count). The highest BCUT2D eigenvalue weighted by molar-refractivity contribution is 5.73. The van der Waals surface area contributed by atoms with Crippen LogP contribution in [0.15, 0.2) is 11.6 Å². The van der Waals surface area contributed by atoms with Gasteiger partial charge in [0, 0.05) is 0 Å². The van der Waals surface area contributed by atoms with Gasteiger partial charge in [-0.1, -0.05) is 65.5 Å². The molecule has 0 aromatic carbocycles. The van der Waals surface area contributed by atoms with Gasteiger partial charge in [0.25, 0.3) is 0 Å². The maximum absolute atomic E-state index is 13.5. The smallest absolute Gasteiger partial charge is 0.309 e. The number of nitrogens with zero attached hydrogens (tertiary/aromatic N) is 1. The summed E-state index contributed by atoms with van der Waals surface area (Å²) in [5.41, 5.74) is 2.43. The van der Waals surface area contributed by atoms with Crippen LogP contribution in [0.25, 0.3) is 0 Å². The van der Waals surface area contributed by atoms with Crippen LogP contribution >= 0.6 is 0 Å². The van der Waals surface area contributed by atoms with Crippen molar-refractivity contribution >= 4 is 5.97 Å². The van der Waals surface area contributed by atoms with Crippen molar-refractivity contribution in [3.63, 3.8) is 0 Å².